The summed E-state index contributed by atoms with van der Waals surface area (Å²) in [5.74, 6) is -0.564. The minimum absolute atomic E-state index is 0.217. The number of benzene rings is 1. The van der Waals surface area contributed by atoms with E-state index in [0.29, 0.717) is 5.02 Å². The lowest BCUT2D eigenvalue weighted by atomic mass is 10.1. The van der Waals surface area contributed by atoms with Crippen LogP contribution in [0.15, 0.2) is 12.1 Å². The van der Waals surface area contributed by atoms with Crippen LogP contribution in [0.1, 0.15) is 29.8 Å². The van der Waals surface area contributed by atoms with Crippen LogP contribution < -0.4 is 5.73 Å². The van der Waals surface area contributed by atoms with Gasteiger partial charge in [0.25, 0.3) is 0 Å². The van der Waals surface area contributed by atoms with Crippen molar-refractivity contribution in [3.05, 3.63) is 33.3 Å². The Kier molecular flexibility index (Phi) is 5.58. The van der Waals surface area contributed by atoms with E-state index in [0.717, 1.165) is 5.56 Å². The fourth-order valence-electron chi connectivity index (χ4n) is 0.904. The zero-order valence-corrected chi connectivity index (χ0v) is 9.91. The van der Waals surface area contributed by atoms with Gasteiger partial charge in [-0.1, -0.05) is 37.0 Å². The molecular formula is C10H13Cl2NO. The average molecular weight is 234 g/mol. The van der Waals surface area contributed by atoms with Crippen LogP contribution in [0, 0.1) is 6.92 Å². The molecule has 1 rings (SSSR count). The van der Waals surface area contributed by atoms with E-state index >= 15 is 0 Å². The summed E-state index contributed by atoms with van der Waals surface area (Å²) in [4.78, 5) is 10.8. The van der Waals surface area contributed by atoms with E-state index in [1.54, 1.807) is 12.1 Å². The number of aryl methyl sites for hydroxylation is 1. The van der Waals surface area contributed by atoms with Crippen molar-refractivity contribution in [3.8, 4) is 0 Å². The topological polar surface area (TPSA) is 43.1 Å². The highest BCUT2D eigenvalue weighted by Gasteiger charge is 2.09. The molecule has 14 heavy (non-hydrogen) atoms. The molecule has 0 aliphatic rings. The quantitative estimate of drug-likeness (QED) is 0.794. The molecule has 0 spiro atoms. The van der Waals surface area contributed by atoms with Crippen molar-refractivity contribution in [2.24, 2.45) is 5.73 Å². The third-order valence-electron chi connectivity index (χ3n) is 1.44. The van der Waals surface area contributed by atoms with Gasteiger partial charge in [0, 0.05) is 0 Å². The summed E-state index contributed by atoms with van der Waals surface area (Å²) in [6.45, 7) is 5.81. The maximum Gasteiger partial charge on any atom is 0.250 e. The molecule has 4 heteroatoms. The molecule has 0 atom stereocenters. The zero-order valence-electron chi connectivity index (χ0n) is 8.40. The number of primary amides is 1. The van der Waals surface area contributed by atoms with Crippen molar-refractivity contribution in [1.29, 1.82) is 0 Å². The van der Waals surface area contributed by atoms with E-state index in [2.05, 4.69) is 0 Å². The average Bonchev–Trinajstić information content (AvgIpc) is 2.14. The van der Waals surface area contributed by atoms with Crippen LogP contribution in [-0.2, 0) is 0 Å². The Morgan fingerprint density at radius 3 is 2.21 bits per heavy atom. The van der Waals surface area contributed by atoms with Crippen molar-refractivity contribution in [2.45, 2.75) is 20.8 Å². The first-order valence-electron chi connectivity index (χ1n) is 4.28. The predicted molar refractivity (Wildman–Crippen MR) is 61.1 cm³/mol. The molecule has 0 fully saturated rings. The Balaban J connectivity index is 0.000000791. The van der Waals surface area contributed by atoms with E-state index in [1.165, 1.54) is 0 Å². The van der Waals surface area contributed by atoms with E-state index < -0.39 is 5.91 Å². The Hall–Kier alpha value is -0.730. The Bertz CT molecular complexity index is 337. The first-order valence-corrected chi connectivity index (χ1v) is 5.03. The van der Waals surface area contributed by atoms with Crippen molar-refractivity contribution >= 4 is 29.1 Å². The minimum atomic E-state index is -0.564. The summed E-state index contributed by atoms with van der Waals surface area (Å²) < 4.78 is 0. The SMILES string of the molecule is CC.Cc1cc(Cl)c(Cl)c(C(N)=O)c1. The second kappa shape index (κ2) is 5.89. The number of amides is 1. The van der Waals surface area contributed by atoms with E-state index in [9.17, 15) is 4.79 Å². The number of hydrogen-bond donors (Lipinski definition) is 1. The van der Waals surface area contributed by atoms with Crippen LogP contribution in [0.25, 0.3) is 0 Å². The third kappa shape index (κ3) is 3.20. The van der Waals surface area contributed by atoms with E-state index in [-0.39, 0.29) is 10.6 Å². The molecule has 0 heterocycles. The summed E-state index contributed by atoms with van der Waals surface area (Å²) in [6, 6.07) is 3.28. The van der Waals surface area contributed by atoms with Crippen LogP contribution >= 0.6 is 23.2 Å². The molecule has 0 aliphatic carbocycles. The molecule has 1 aromatic carbocycles. The van der Waals surface area contributed by atoms with E-state index in [4.69, 9.17) is 28.9 Å². The third-order valence-corrected chi connectivity index (χ3v) is 2.24. The van der Waals surface area contributed by atoms with Gasteiger partial charge in [0.05, 0.1) is 15.6 Å². The van der Waals surface area contributed by atoms with E-state index in [1.807, 2.05) is 20.8 Å². The van der Waals surface area contributed by atoms with Crippen LogP contribution in [0.5, 0.6) is 0 Å². The number of hydrogen-bond acceptors (Lipinski definition) is 1. The minimum Gasteiger partial charge on any atom is -0.366 e. The fraction of sp³-hybridized carbons (Fsp3) is 0.300. The molecule has 0 unspecified atom stereocenters. The Morgan fingerprint density at radius 2 is 1.79 bits per heavy atom. The largest absolute Gasteiger partial charge is 0.366 e. The molecule has 0 saturated carbocycles. The van der Waals surface area contributed by atoms with Gasteiger partial charge >= 0.3 is 0 Å². The maximum absolute atomic E-state index is 10.8. The molecule has 2 nitrogen and oxygen atoms in total. The van der Waals surface area contributed by atoms with Gasteiger partial charge < -0.3 is 5.73 Å². The lowest BCUT2D eigenvalue weighted by Gasteiger charge is -2.02. The smallest absolute Gasteiger partial charge is 0.250 e. The standard InChI is InChI=1S/C8H7Cl2NO.C2H6/c1-4-2-5(8(11)12)7(10)6(9)3-4;1-2/h2-3H,1H3,(H2,11,12);1-2H3. The predicted octanol–water partition coefficient (Wildman–Crippen LogP) is 3.43. The van der Waals surface area contributed by atoms with Gasteiger partial charge in [-0.25, -0.2) is 0 Å². The van der Waals surface area contributed by atoms with Gasteiger partial charge in [-0.2, -0.15) is 0 Å². The molecule has 0 radical (unpaired) electrons. The highest BCUT2D eigenvalue weighted by atomic mass is 35.5. The van der Waals surface area contributed by atoms with Crippen molar-refractivity contribution < 1.29 is 4.79 Å². The van der Waals surface area contributed by atoms with Crippen molar-refractivity contribution in [1.82, 2.24) is 0 Å². The monoisotopic (exact) mass is 233 g/mol. The summed E-state index contributed by atoms with van der Waals surface area (Å²) >= 11 is 11.5. The van der Waals surface area contributed by atoms with Gasteiger partial charge in [0.15, 0.2) is 0 Å². The molecule has 1 amide bonds. The lowest BCUT2D eigenvalue weighted by molar-refractivity contribution is 0.100. The van der Waals surface area contributed by atoms with Crippen LogP contribution in [0.2, 0.25) is 10.0 Å². The van der Waals surface area contributed by atoms with Gasteiger partial charge in [-0.3, -0.25) is 4.79 Å². The summed E-state index contributed by atoms with van der Waals surface area (Å²) in [6.07, 6.45) is 0. The van der Waals surface area contributed by atoms with Gasteiger partial charge in [0.1, 0.15) is 0 Å². The number of rotatable bonds is 1. The Labute approximate surface area is 94.0 Å². The molecule has 2 N–H and O–H groups in total. The zero-order chi connectivity index (χ0) is 11.3. The highest BCUT2D eigenvalue weighted by Crippen LogP contribution is 2.26. The van der Waals surface area contributed by atoms with Crippen LogP contribution in [0.3, 0.4) is 0 Å². The van der Waals surface area contributed by atoms with Crippen LogP contribution in [-0.4, -0.2) is 5.91 Å². The first-order chi connectivity index (χ1) is 6.52. The number of carbonyl (C=O) groups is 1. The summed E-state index contributed by atoms with van der Waals surface area (Å²) in [7, 11) is 0. The molecule has 0 saturated heterocycles. The fourth-order valence-corrected chi connectivity index (χ4v) is 1.38. The molecule has 0 aliphatic heterocycles. The van der Waals surface area contributed by atoms with Crippen LogP contribution in [0.4, 0.5) is 0 Å². The lowest BCUT2D eigenvalue weighted by Crippen LogP contribution is -2.11. The second-order valence-corrected chi connectivity index (χ2v) is 3.26. The van der Waals surface area contributed by atoms with Gasteiger partial charge in [0.2, 0.25) is 5.91 Å². The molecular weight excluding hydrogens is 221 g/mol. The van der Waals surface area contributed by atoms with Gasteiger partial charge in [-0.15, -0.1) is 0 Å². The molecule has 1 aromatic rings. The molecule has 0 bridgehead atoms. The number of carbonyl (C=O) groups excluding carboxylic acids is 1. The summed E-state index contributed by atoms with van der Waals surface area (Å²) in [5, 5.41) is 0.570. The van der Waals surface area contributed by atoms with Crippen molar-refractivity contribution in [2.75, 3.05) is 0 Å². The first kappa shape index (κ1) is 13.3. The normalized spacial score (nSPS) is 8.93. The maximum atomic E-state index is 10.8. The van der Waals surface area contributed by atoms with Gasteiger partial charge in [-0.05, 0) is 24.6 Å². The molecule has 78 valence electrons. The highest BCUT2D eigenvalue weighted by molar-refractivity contribution is 6.43. The summed E-state index contributed by atoms with van der Waals surface area (Å²) in [5.41, 5.74) is 6.20. The second-order valence-electron chi connectivity index (χ2n) is 2.47. The number of halogens is 2. The Morgan fingerprint density at radius 1 is 1.29 bits per heavy atom. The van der Waals surface area contributed by atoms with Crippen molar-refractivity contribution in [3.63, 3.8) is 0 Å². The number of nitrogens with two attached hydrogens (primary N) is 1. The molecule has 0 aromatic heterocycles.